The summed E-state index contributed by atoms with van der Waals surface area (Å²) < 4.78 is 1.73. The van der Waals surface area contributed by atoms with Gasteiger partial charge >= 0.3 is 0 Å². The van der Waals surface area contributed by atoms with Crippen LogP contribution in [0.3, 0.4) is 0 Å². The fourth-order valence-corrected chi connectivity index (χ4v) is 1.99. The predicted molar refractivity (Wildman–Crippen MR) is 75.0 cm³/mol. The SMILES string of the molecule is CNc1ccccc1C(=O)N(C)Cc1cnn(C)c1. The highest BCUT2D eigenvalue weighted by molar-refractivity contribution is 5.99. The fraction of sp³-hybridized carbons (Fsp3) is 0.286. The van der Waals surface area contributed by atoms with E-state index in [1.807, 2.05) is 44.6 Å². The third-order valence-corrected chi connectivity index (χ3v) is 2.95. The molecule has 5 heteroatoms. The maximum atomic E-state index is 12.4. The number of hydrogen-bond acceptors (Lipinski definition) is 3. The molecule has 1 heterocycles. The standard InChI is InChI=1S/C14H18N4O/c1-15-13-7-5-4-6-12(13)14(19)17(2)9-11-8-16-18(3)10-11/h4-8,10,15H,9H2,1-3H3. The molecule has 1 N–H and O–H groups in total. The number of carbonyl (C=O) groups is 1. The second-order valence-corrected chi connectivity index (χ2v) is 4.48. The minimum Gasteiger partial charge on any atom is -0.387 e. The summed E-state index contributed by atoms with van der Waals surface area (Å²) in [6.07, 6.45) is 3.68. The predicted octanol–water partition coefficient (Wildman–Crippen LogP) is 1.73. The highest BCUT2D eigenvalue weighted by atomic mass is 16.2. The normalized spacial score (nSPS) is 10.3. The van der Waals surface area contributed by atoms with E-state index in [0.717, 1.165) is 11.3 Å². The number of para-hydroxylation sites is 1. The number of nitrogens with zero attached hydrogens (tertiary/aromatic N) is 3. The minimum atomic E-state index is -0.00574. The molecule has 0 aliphatic rings. The smallest absolute Gasteiger partial charge is 0.255 e. The molecule has 0 unspecified atom stereocenters. The van der Waals surface area contributed by atoms with Crippen LogP contribution < -0.4 is 5.32 Å². The first-order valence-electron chi connectivity index (χ1n) is 6.11. The lowest BCUT2D eigenvalue weighted by atomic mass is 10.1. The monoisotopic (exact) mass is 258 g/mol. The van der Waals surface area contributed by atoms with E-state index in [9.17, 15) is 4.79 Å². The highest BCUT2D eigenvalue weighted by Gasteiger charge is 2.15. The Kier molecular flexibility index (Phi) is 3.85. The quantitative estimate of drug-likeness (QED) is 0.908. The Hall–Kier alpha value is -2.30. The van der Waals surface area contributed by atoms with Crippen molar-refractivity contribution in [3.05, 3.63) is 47.8 Å². The van der Waals surface area contributed by atoms with Gasteiger partial charge < -0.3 is 10.2 Å². The van der Waals surface area contributed by atoms with Gasteiger partial charge in [-0.05, 0) is 12.1 Å². The Labute approximate surface area is 112 Å². The van der Waals surface area contributed by atoms with Gasteiger partial charge in [0.1, 0.15) is 0 Å². The Morgan fingerprint density at radius 3 is 2.79 bits per heavy atom. The van der Waals surface area contributed by atoms with Crippen LogP contribution in [0.15, 0.2) is 36.7 Å². The first kappa shape index (κ1) is 13.1. The number of aromatic nitrogens is 2. The molecule has 0 atom stereocenters. The summed E-state index contributed by atoms with van der Waals surface area (Å²) in [5.41, 5.74) is 2.53. The molecule has 0 saturated heterocycles. The molecule has 1 amide bonds. The van der Waals surface area contributed by atoms with Crippen molar-refractivity contribution in [3.63, 3.8) is 0 Å². The number of aryl methyl sites for hydroxylation is 1. The minimum absolute atomic E-state index is 0.00574. The van der Waals surface area contributed by atoms with E-state index in [2.05, 4.69) is 10.4 Å². The molecule has 100 valence electrons. The molecule has 19 heavy (non-hydrogen) atoms. The van der Waals surface area contributed by atoms with E-state index in [1.165, 1.54) is 0 Å². The molecule has 0 bridgehead atoms. The summed E-state index contributed by atoms with van der Waals surface area (Å²) in [5.74, 6) is -0.00574. The third-order valence-electron chi connectivity index (χ3n) is 2.95. The van der Waals surface area contributed by atoms with Gasteiger partial charge in [-0.15, -0.1) is 0 Å². The number of hydrogen-bond donors (Lipinski definition) is 1. The van der Waals surface area contributed by atoms with Crippen molar-refractivity contribution in [2.45, 2.75) is 6.54 Å². The number of rotatable bonds is 4. The van der Waals surface area contributed by atoms with Crippen LogP contribution >= 0.6 is 0 Å². The molecule has 0 aliphatic heterocycles. The molecule has 2 aromatic rings. The van der Waals surface area contributed by atoms with Gasteiger partial charge in [-0.2, -0.15) is 5.10 Å². The van der Waals surface area contributed by atoms with Gasteiger partial charge in [0, 0.05) is 45.1 Å². The number of benzene rings is 1. The zero-order valence-corrected chi connectivity index (χ0v) is 11.4. The highest BCUT2D eigenvalue weighted by Crippen LogP contribution is 2.17. The van der Waals surface area contributed by atoms with Gasteiger partial charge in [0.15, 0.2) is 0 Å². The van der Waals surface area contributed by atoms with E-state index < -0.39 is 0 Å². The largest absolute Gasteiger partial charge is 0.387 e. The lowest BCUT2D eigenvalue weighted by molar-refractivity contribution is 0.0786. The summed E-state index contributed by atoms with van der Waals surface area (Å²) in [6.45, 7) is 0.546. The average molecular weight is 258 g/mol. The topological polar surface area (TPSA) is 50.2 Å². The summed E-state index contributed by atoms with van der Waals surface area (Å²) >= 11 is 0. The van der Waals surface area contributed by atoms with Crippen LogP contribution in [-0.4, -0.2) is 34.7 Å². The summed E-state index contributed by atoms with van der Waals surface area (Å²) in [5, 5.41) is 7.14. The lowest BCUT2D eigenvalue weighted by Crippen LogP contribution is -2.26. The molecule has 0 fully saturated rings. The molecular formula is C14H18N4O. The van der Waals surface area contributed by atoms with E-state index in [-0.39, 0.29) is 5.91 Å². The van der Waals surface area contributed by atoms with Gasteiger partial charge in [-0.25, -0.2) is 0 Å². The van der Waals surface area contributed by atoms with Crippen molar-refractivity contribution >= 4 is 11.6 Å². The molecule has 1 aromatic heterocycles. The molecule has 0 radical (unpaired) electrons. The maximum Gasteiger partial charge on any atom is 0.255 e. The van der Waals surface area contributed by atoms with Crippen LogP contribution in [0.1, 0.15) is 15.9 Å². The van der Waals surface area contributed by atoms with Crippen LogP contribution in [0.5, 0.6) is 0 Å². The van der Waals surface area contributed by atoms with Crippen molar-refractivity contribution in [1.82, 2.24) is 14.7 Å². The van der Waals surface area contributed by atoms with Gasteiger partial charge in [-0.1, -0.05) is 12.1 Å². The Balaban J connectivity index is 2.14. The molecule has 0 saturated carbocycles. The molecule has 2 rings (SSSR count). The van der Waals surface area contributed by atoms with E-state index in [4.69, 9.17) is 0 Å². The van der Waals surface area contributed by atoms with E-state index in [0.29, 0.717) is 12.1 Å². The van der Waals surface area contributed by atoms with Crippen LogP contribution in [0, 0.1) is 0 Å². The van der Waals surface area contributed by atoms with Gasteiger partial charge in [-0.3, -0.25) is 9.48 Å². The Morgan fingerprint density at radius 2 is 2.16 bits per heavy atom. The van der Waals surface area contributed by atoms with Crippen molar-refractivity contribution in [2.24, 2.45) is 7.05 Å². The van der Waals surface area contributed by atoms with Crippen LogP contribution in [-0.2, 0) is 13.6 Å². The molecule has 1 aromatic carbocycles. The summed E-state index contributed by atoms with van der Waals surface area (Å²) in [7, 11) is 5.47. The van der Waals surface area contributed by atoms with Gasteiger partial charge in [0.05, 0.1) is 11.8 Å². The van der Waals surface area contributed by atoms with E-state index >= 15 is 0 Å². The fourth-order valence-electron chi connectivity index (χ4n) is 1.99. The molecule has 5 nitrogen and oxygen atoms in total. The molecular weight excluding hydrogens is 240 g/mol. The Morgan fingerprint density at radius 1 is 1.42 bits per heavy atom. The number of amides is 1. The zero-order chi connectivity index (χ0) is 13.8. The first-order chi connectivity index (χ1) is 9.11. The van der Waals surface area contributed by atoms with Crippen molar-refractivity contribution in [3.8, 4) is 0 Å². The van der Waals surface area contributed by atoms with Crippen molar-refractivity contribution in [2.75, 3.05) is 19.4 Å². The van der Waals surface area contributed by atoms with Crippen LogP contribution in [0.25, 0.3) is 0 Å². The van der Waals surface area contributed by atoms with Crippen molar-refractivity contribution < 1.29 is 4.79 Å². The van der Waals surface area contributed by atoms with Gasteiger partial charge in [0.2, 0.25) is 0 Å². The van der Waals surface area contributed by atoms with Crippen LogP contribution in [0.2, 0.25) is 0 Å². The maximum absolute atomic E-state index is 12.4. The third kappa shape index (κ3) is 2.93. The molecule has 0 aliphatic carbocycles. The summed E-state index contributed by atoms with van der Waals surface area (Å²) in [4.78, 5) is 14.1. The zero-order valence-electron chi connectivity index (χ0n) is 11.4. The number of carbonyl (C=O) groups excluding carboxylic acids is 1. The van der Waals surface area contributed by atoms with E-state index in [1.54, 1.807) is 22.8 Å². The number of anilines is 1. The second-order valence-electron chi connectivity index (χ2n) is 4.48. The van der Waals surface area contributed by atoms with Crippen LogP contribution in [0.4, 0.5) is 5.69 Å². The number of nitrogens with one attached hydrogen (secondary N) is 1. The first-order valence-corrected chi connectivity index (χ1v) is 6.11. The molecule has 0 spiro atoms. The second kappa shape index (κ2) is 5.56. The Bertz CT molecular complexity index is 576. The van der Waals surface area contributed by atoms with Gasteiger partial charge in [0.25, 0.3) is 5.91 Å². The van der Waals surface area contributed by atoms with Crippen molar-refractivity contribution in [1.29, 1.82) is 0 Å². The lowest BCUT2D eigenvalue weighted by Gasteiger charge is -2.18. The summed E-state index contributed by atoms with van der Waals surface area (Å²) in [6, 6.07) is 7.49. The average Bonchev–Trinajstić information content (AvgIpc) is 2.83.